The number of hydrogen-bond donors (Lipinski definition) is 2. The summed E-state index contributed by atoms with van der Waals surface area (Å²) in [5.41, 5.74) is 5.31. The number of rotatable bonds is 7. The van der Waals surface area contributed by atoms with Gasteiger partial charge in [-0.3, -0.25) is 4.79 Å². The topological polar surface area (TPSA) is 72.5 Å². The van der Waals surface area contributed by atoms with Gasteiger partial charge in [0.15, 0.2) is 11.6 Å². The third-order valence-corrected chi connectivity index (χ3v) is 2.92. The number of ether oxygens (including phenoxy) is 1. The molecule has 3 N–H and O–H groups in total. The molecule has 0 amide bonds. The van der Waals surface area contributed by atoms with Crippen LogP contribution in [0.4, 0.5) is 4.39 Å². The van der Waals surface area contributed by atoms with Gasteiger partial charge >= 0.3 is 5.97 Å². The fourth-order valence-corrected chi connectivity index (χ4v) is 1.60. The van der Waals surface area contributed by atoms with Gasteiger partial charge in [-0.15, -0.1) is 0 Å². The predicted molar refractivity (Wildman–Crippen MR) is 70.7 cm³/mol. The van der Waals surface area contributed by atoms with Crippen molar-refractivity contribution in [2.45, 2.75) is 38.6 Å². The number of aryl methyl sites for hydroxylation is 1. The van der Waals surface area contributed by atoms with E-state index < -0.39 is 11.5 Å². The van der Waals surface area contributed by atoms with Gasteiger partial charge in [0.25, 0.3) is 0 Å². The first-order valence-corrected chi connectivity index (χ1v) is 6.24. The second kappa shape index (κ2) is 6.52. The summed E-state index contributed by atoms with van der Waals surface area (Å²) in [7, 11) is 0. The van der Waals surface area contributed by atoms with E-state index in [9.17, 15) is 9.18 Å². The maximum atomic E-state index is 13.4. The number of aliphatic carboxylic acids is 1. The van der Waals surface area contributed by atoms with Gasteiger partial charge in [0, 0.05) is 0 Å². The van der Waals surface area contributed by atoms with Crippen LogP contribution in [-0.2, 0) is 4.79 Å². The lowest BCUT2D eigenvalue weighted by molar-refractivity contribution is -0.142. The Kier molecular flexibility index (Phi) is 5.30. The van der Waals surface area contributed by atoms with E-state index in [1.54, 1.807) is 12.1 Å². The molecule has 0 aromatic heterocycles. The highest BCUT2D eigenvalue weighted by Gasteiger charge is 2.26. The highest BCUT2D eigenvalue weighted by molar-refractivity contribution is 5.77. The highest BCUT2D eigenvalue weighted by atomic mass is 19.1. The standard InChI is InChI=1S/C14H20FNO3/c1-10-5-6-11(15)12(9-10)19-8-4-3-7-14(2,16)13(17)18/h5-6,9H,3-4,7-8,16H2,1-2H3,(H,17,18). The summed E-state index contributed by atoms with van der Waals surface area (Å²) in [6.07, 6.45) is 1.61. The van der Waals surface area contributed by atoms with E-state index >= 15 is 0 Å². The van der Waals surface area contributed by atoms with E-state index in [4.69, 9.17) is 15.6 Å². The van der Waals surface area contributed by atoms with Crippen molar-refractivity contribution in [1.29, 1.82) is 0 Å². The molecule has 1 aromatic carbocycles. The molecule has 0 radical (unpaired) electrons. The van der Waals surface area contributed by atoms with E-state index in [0.717, 1.165) is 5.56 Å². The van der Waals surface area contributed by atoms with Gasteiger partial charge in [-0.05, 0) is 50.8 Å². The van der Waals surface area contributed by atoms with Crippen molar-refractivity contribution in [2.24, 2.45) is 5.73 Å². The number of carboxylic acids is 1. The van der Waals surface area contributed by atoms with Crippen LogP contribution in [0.1, 0.15) is 31.7 Å². The molecule has 0 spiro atoms. The summed E-state index contributed by atoms with van der Waals surface area (Å²) in [5, 5.41) is 8.84. The minimum atomic E-state index is -1.21. The van der Waals surface area contributed by atoms with Crippen LogP contribution in [0.15, 0.2) is 18.2 Å². The molecule has 0 saturated carbocycles. The Labute approximate surface area is 112 Å². The fraction of sp³-hybridized carbons (Fsp3) is 0.500. The summed E-state index contributed by atoms with van der Waals surface area (Å²) in [6.45, 7) is 3.69. The van der Waals surface area contributed by atoms with Crippen LogP contribution in [0.25, 0.3) is 0 Å². The third-order valence-electron chi connectivity index (χ3n) is 2.92. The molecular weight excluding hydrogens is 249 g/mol. The molecule has 4 nitrogen and oxygen atoms in total. The first-order valence-electron chi connectivity index (χ1n) is 6.24. The lowest BCUT2D eigenvalue weighted by atomic mass is 9.97. The molecule has 106 valence electrons. The van der Waals surface area contributed by atoms with Gasteiger partial charge in [-0.25, -0.2) is 4.39 Å². The van der Waals surface area contributed by atoms with Crippen LogP contribution in [0.5, 0.6) is 5.75 Å². The molecule has 19 heavy (non-hydrogen) atoms. The first kappa shape index (κ1) is 15.4. The molecule has 0 fully saturated rings. The maximum absolute atomic E-state index is 13.4. The van der Waals surface area contributed by atoms with E-state index in [0.29, 0.717) is 25.9 Å². The van der Waals surface area contributed by atoms with Gasteiger partial charge in [-0.1, -0.05) is 6.07 Å². The number of hydrogen-bond acceptors (Lipinski definition) is 3. The maximum Gasteiger partial charge on any atom is 0.323 e. The molecule has 0 bridgehead atoms. The smallest absolute Gasteiger partial charge is 0.323 e. The molecule has 5 heteroatoms. The number of benzene rings is 1. The zero-order chi connectivity index (χ0) is 14.5. The quantitative estimate of drug-likeness (QED) is 0.746. The number of nitrogens with two attached hydrogens (primary N) is 1. The van der Waals surface area contributed by atoms with Crippen molar-refractivity contribution >= 4 is 5.97 Å². The second-order valence-corrected chi connectivity index (χ2v) is 4.96. The van der Waals surface area contributed by atoms with E-state index in [2.05, 4.69) is 0 Å². The van der Waals surface area contributed by atoms with Crippen molar-refractivity contribution in [1.82, 2.24) is 0 Å². The van der Waals surface area contributed by atoms with Gasteiger partial charge in [-0.2, -0.15) is 0 Å². The van der Waals surface area contributed by atoms with Gasteiger partial charge in [0.1, 0.15) is 5.54 Å². The van der Waals surface area contributed by atoms with Crippen LogP contribution >= 0.6 is 0 Å². The Morgan fingerprint density at radius 3 is 2.79 bits per heavy atom. The van der Waals surface area contributed by atoms with Crippen molar-refractivity contribution in [3.05, 3.63) is 29.6 Å². The summed E-state index contributed by atoms with van der Waals surface area (Å²) in [4.78, 5) is 10.8. The zero-order valence-corrected chi connectivity index (χ0v) is 11.3. The Morgan fingerprint density at radius 2 is 2.16 bits per heavy atom. The average Bonchev–Trinajstić information content (AvgIpc) is 2.32. The number of unbranched alkanes of at least 4 members (excludes halogenated alkanes) is 1. The largest absolute Gasteiger partial charge is 0.491 e. The summed E-state index contributed by atoms with van der Waals surface area (Å²) in [5.74, 6) is -1.17. The molecule has 0 aliphatic heterocycles. The molecule has 1 unspecified atom stereocenters. The van der Waals surface area contributed by atoms with Crippen molar-refractivity contribution < 1.29 is 19.0 Å². The lowest BCUT2D eigenvalue weighted by Gasteiger charge is -2.18. The highest BCUT2D eigenvalue weighted by Crippen LogP contribution is 2.19. The van der Waals surface area contributed by atoms with Gasteiger partial charge in [0.05, 0.1) is 6.61 Å². The van der Waals surface area contributed by atoms with Crippen molar-refractivity contribution in [3.63, 3.8) is 0 Å². The third kappa shape index (κ3) is 4.87. The molecule has 1 atom stereocenters. The lowest BCUT2D eigenvalue weighted by Crippen LogP contribution is -2.44. The SMILES string of the molecule is Cc1ccc(F)c(OCCCCC(C)(N)C(=O)O)c1. The first-order chi connectivity index (χ1) is 8.83. The number of carboxylic acid groups (broad SMARTS) is 1. The van der Waals surface area contributed by atoms with Crippen LogP contribution in [-0.4, -0.2) is 23.2 Å². The molecule has 0 aliphatic rings. The summed E-state index contributed by atoms with van der Waals surface area (Å²) >= 11 is 0. The Balaban J connectivity index is 2.32. The molecule has 0 heterocycles. The van der Waals surface area contributed by atoms with Crippen LogP contribution in [0, 0.1) is 12.7 Å². The Hall–Kier alpha value is -1.62. The van der Waals surface area contributed by atoms with E-state index in [-0.39, 0.29) is 11.6 Å². The summed E-state index contributed by atoms with van der Waals surface area (Å²) in [6, 6.07) is 4.68. The fourth-order valence-electron chi connectivity index (χ4n) is 1.60. The van der Waals surface area contributed by atoms with Gasteiger partial charge < -0.3 is 15.6 Å². The molecule has 0 aliphatic carbocycles. The van der Waals surface area contributed by atoms with E-state index in [1.807, 2.05) is 6.92 Å². The molecule has 0 saturated heterocycles. The van der Waals surface area contributed by atoms with Crippen LogP contribution in [0.2, 0.25) is 0 Å². The van der Waals surface area contributed by atoms with Gasteiger partial charge in [0.2, 0.25) is 0 Å². The Morgan fingerprint density at radius 1 is 1.47 bits per heavy atom. The zero-order valence-electron chi connectivity index (χ0n) is 11.3. The minimum Gasteiger partial charge on any atom is -0.491 e. The average molecular weight is 269 g/mol. The molecule has 1 rings (SSSR count). The molecular formula is C14H20FNO3. The van der Waals surface area contributed by atoms with E-state index in [1.165, 1.54) is 13.0 Å². The summed E-state index contributed by atoms with van der Waals surface area (Å²) < 4.78 is 18.7. The number of halogens is 1. The Bertz CT molecular complexity index is 446. The predicted octanol–water partition coefficient (Wildman–Crippen LogP) is 2.49. The second-order valence-electron chi connectivity index (χ2n) is 4.96. The monoisotopic (exact) mass is 269 g/mol. The normalized spacial score (nSPS) is 13.9. The van der Waals surface area contributed by atoms with Crippen molar-refractivity contribution in [2.75, 3.05) is 6.61 Å². The minimum absolute atomic E-state index is 0.230. The molecule has 1 aromatic rings. The van der Waals surface area contributed by atoms with Crippen LogP contribution in [0.3, 0.4) is 0 Å². The van der Waals surface area contributed by atoms with Crippen LogP contribution < -0.4 is 10.5 Å². The van der Waals surface area contributed by atoms with Crippen molar-refractivity contribution in [3.8, 4) is 5.75 Å². The number of carbonyl (C=O) groups is 1.